The molecule has 0 atom stereocenters. The Morgan fingerprint density at radius 3 is 2.46 bits per heavy atom. The van der Waals surface area contributed by atoms with Gasteiger partial charge in [-0.05, 0) is 48.4 Å². The molecule has 0 aromatic heterocycles. The smallest absolute Gasteiger partial charge is 0.251 e. The zero-order valence-electron chi connectivity index (χ0n) is 13.3. The van der Waals surface area contributed by atoms with Crippen molar-refractivity contribution in [2.75, 3.05) is 13.1 Å². The molecule has 2 aromatic carbocycles. The fraction of sp³-hybridized carbons (Fsp3) is 0.235. The summed E-state index contributed by atoms with van der Waals surface area (Å²) in [5.41, 5.74) is 1.16. The molecular formula is C17H19FN2O3S. The lowest BCUT2D eigenvalue weighted by molar-refractivity contribution is 0.0954. The van der Waals surface area contributed by atoms with Crippen LogP contribution in [-0.2, 0) is 16.4 Å². The van der Waals surface area contributed by atoms with Gasteiger partial charge in [-0.1, -0.05) is 19.1 Å². The van der Waals surface area contributed by atoms with Gasteiger partial charge in [0.25, 0.3) is 5.91 Å². The van der Waals surface area contributed by atoms with Crippen LogP contribution in [0.4, 0.5) is 4.39 Å². The number of amides is 1. The number of hydrogen-bond donors (Lipinski definition) is 2. The first kappa shape index (κ1) is 18.1. The average Bonchev–Trinajstić information content (AvgIpc) is 2.55. The van der Waals surface area contributed by atoms with E-state index in [1.54, 1.807) is 19.1 Å². The summed E-state index contributed by atoms with van der Waals surface area (Å²) >= 11 is 0. The highest BCUT2D eigenvalue weighted by Crippen LogP contribution is 2.10. The molecule has 2 aromatic rings. The molecule has 0 heterocycles. The number of sulfonamides is 1. The van der Waals surface area contributed by atoms with E-state index in [1.807, 2.05) is 0 Å². The first-order valence-corrected chi connectivity index (χ1v) is 9.03. The zero-order chi connectivity index (χ0) is 17.6. The zero-order valence-corrected chi connectivity index (χ0v) is 14.1. The monoisotopic (exact) mass is 350 g/mol. The maximum absolute atomic E-state index is 13.1. The molecule has 0 spiro atoms. The Morgan fingerprint density at radius 1 is 1.12 bits per heavy atom. The van der Waals surface area contributed by atoms with Gasteiger partial charge < -0.3 is 5.32 Å². The molecule has 7 heteroatoms. The van der Waals surface area contributed by atoms with Crippen LogP contribution in [0.5, 0.6) is 0 Å². The SMILES string of the molecule is CCNS(=O)(=O)c1ccc(C(=O)NCCc2cccc(F)c2)cc1. The quantitative estimate of drug-likeness (QED) is 0.803. The van der Waals surface area contributed by atoms with Gasteiger partial charge in [0, 0.05) is 18.7 Å². The minimum atomic E-state index is -3.53. The van der Waals surface area contributed by atoms with Crippen LogP contribution >= 0.6 is 0 Å². The van der Waals surface area contributed by atoms with Gasteiger partial charge in [-0.25, -0.2) is 17.5 Å². The summed E-state index contributed by atoms with van der Waals surface area (Å²) in [5.74, 6) is -0.616. The Kier molecular flexibility index (Phi) is 6.05. The summed E-state index contributed by atoms with van der Waals surface area (Å²) in [5, 5.41) is 2.72. The number of nitrogens with one attached hydrogen (secondary N) is 2. The third-order valence-corrected chi connectivity index (χ3v) is 4.91. The summed E-state index contributed by atoms with van der Waals surface area (Å²) < 4.78 is 39.1. The maximum atomic E-state index is 13.1. The van der Waals surface area contributed by atoms with Gasteiger partial charge in [-0.15, -0.1) is 0 Å². The number of carbonyl (C=O) groups excluding carboxylic acids is 1. The Labute approximate surface area is 141 Å². The largest absolute Gasteiger partial charge is 0.352 e. The van der Waals surface area contributed by atoms with E-state index in [1.165, 1.54) is 36.4 Å². The normalized spacial score (nSPS) is 11.2. The Morgan fingerprint density at radius 2 is 1.83 bits per heavy atom. The molecule has 0 fully saturated rings. The lowest BCUT2D eigenvalue weighted by Gasteiger charge is -2.07. The lowest BCUT2D eigenvalue weighted by atomic mass is 10.1. The van der Waals surface area contributed by atoms with Crippen LogP contribution in [0.1, 0.15) is 22.8 Å². The van der Waals surface area contributed by atoms with Crippen molar-refractivity contribution in [1.82, 2.24) is 10.0 Å². The number of benzene rings is 2. The van der Waals surface area contributed by atoms with Gasteiger partial charge in [-0.3, -0.25) is 4.79 Å². The number of carbonyl (C=O) groups is 1. The van der Waals surface area contributed by atoms with Crippen LogP contribution in [0.15, 0.2) is 53.4 Å². The average molecular weight is 350 g/mol. The summed E-state index contributed by atoms with van der Waals surface area (Å²) in [6.45, 7) is 2.35. The van der Waals surface area contributed by atoms with Crippen molar-refractivity contribution in [2.24, 2.45) is 0 Å². The van der Waals surface area contributed by atoms with E-state index in [0.717, 1.165) is 5.56 Å². The second kappa shape index (κ2) is 8.03. The first-order valence-electron chi connectivity index (χ1n) is 7.55. The molecule has 1 amide bonds. The molecule has 128 valence electrons. The van der Waals surface area contributed by atoms with Gasteiger partial charge in [0.1, 0.15) is 5.82 Å². The van der Waals surface area contributed by atoms with Crippen LogP contribution < -0.4 is 10.0 Å². The van der Waals surface area contributed by atoms with E-state index < -0.39 is 10.0 Å². The first-order chi connectivity index (χ1) is 11.4. The summed E-state index contributed by atoms with van der Waals surface area (Å²) in [4.78, 5) is 12.1. The summed E-state index contributed by atoms with van der Waals surface area (Å²) in [7, 11) is -3.53. The van der Waals surface area contributed by atoms with Crippen LogP contribution in [0.3, 0.4) is 0 Å². The van der Waals surface area contributed by atoms with Crippen LogP contribution in [-0.4, -0.2) is 27.4 Å². The molecule has 0 unspecified atom stereocenters. The van der Waals surface area contributed by atoms with Crippen molar-refractivity contribution in [1.29, 1.82) is 0 Å². The molecule has 2 N–H and O–H groups in total. The number of halogens is 1. The molecule has 2 rings (SSSR count). The van der Waals surface area contributed by atoms with E-state index in [-0.39, 0.29) is 16.6 Å². The topological polar surface area (TPSA) is 75.3 Å². The second-order valence-corrected chi connectivity index (χ2v) is 6.93. The molecule has 0 bridgehead atoms. The highest BCUT2D eigenvalue weighted by atomic mass is 32.2. The van der Waals surface area contributed by atoms with E-state index in [9.17, 15) is 17.6 Å². The van der Waals surface area contributed by atoms with E-state index in [2.05, 4.69) is 10.0 Å². The molecule has 0 aliphatic rings. The van der Waals surface area contributed by atoms with Crippen molar-refractivity contribution in [3.05, 3.63) is 65.5 Å². The van der Waals surface area contributed by atoms with Crippen molar-refractivity contribution in [3.8, 4) is 0 Å². The van der Waals surface area contributed by atoms with Crippen LogP contribution in [0, 0.1) is 5.82 Å². The van der Waals surface area contributed by atoms with Gasteiger partial charge >= 0.3 is 0 Å². The van der Waals surface area contributed by atoms with Gasteiger partial charge in [-0.2, -0.15) is 0 Å². The number of hydrogen-bond acceptors (Lipinski definition) is 3. The highest BCUT2D eigenvalue weighted by Gasteiger charge is 2.13. The van der Waals surface area contributed by atoms with Crippen molar-refractivity contribution < 1.29 is 17.6 Å². The van der Waals surface area contributed by atoms with E-state index >= 15 is 0 Å². The van der Waals surface area contributed by atoms with Crippen molar-refractivity contribution >= 4 is 15.9 Å². The fourth-order valence-electron chi connectivity index (χ4n) is 2.17. The molecule has 24 heavy (non-hydrogen) atoms. The third kappa shape index (κ3) is 4.87. The summed E-state index contributed by atoms with van der Waals surface area (Å²) in [6.07, 6.45) is 0.510. The third-order valence-electron chi connectivity index (χ3n) is 3.35. The number of rotatable bonds is 7. The van der Waals surface area contributed by atoms with E-state index in [4.69, 9.17) is 0 Å². The minimum Gasteiger partial charge on any atom is -0.352 e. The molecule has 5 nitrogen and oxygen atoms in total. The molecular weight excluding hydrogens is 331 g/mol. The Bertz CT molecular complexity index is 805. The van der Waals surface area contributed by atoms with Gasteiger partial charge in [0.05, 0.1) is 4.90 Å². The lowest BCUT2D eigenvalue weighted by Crippen LogP contribution is -2.26. The minimum absolute atomic E-state index is 0.112. The highest BCUT2D eigenvalue weighted by molar-refractivity contribution is 7.89. The molecule has 0 radical (unpaired) electrons. The summed E-state index contributed by atoms with van der Waals surface area (Å²) in [6, 6.07) is 11.9. The van der Waals surface area contributed by atoms with Crippen LogP contribution in [0.25, 0.3) is 0 Å². The van der Waals surface area contributed by atoms with Gasteiger partial charge in [0.15, 0.2) is 0 Å². The van der Waals surface area contributed by atoms with Crippen molar-refractivity contribution in [3.63, 3.8) is 0 Å². The molecule has 0 saturated carbocycles. The predicted molar refractivity (Wildman–Crippen MR) is 89.7 cm³/mol. The molecule has 0 saturated heterocycles. The predicted octanol–water partition coefficient (Wildman–Crippen LogP) is 2.10. The van der Waals surface area contributed by atoms with Gasteiger partial charge in [0.2, 0.25) is 10.0 Å². The van der Waals surface area contributed by atoms with E-state index in [0.29, 0.717) is 25.1 Å². The fourth-order valence-corrected chi connectivity index (χ4v) is 3.21. The molecule has 0 aliphatic heterocycles. The Balaban J connectivity index is 1.93. The molecule has 0 aliphatic carbocycles. The Hall–Kier alpha value is -2.25. The standard InChI is InChI=1S/C17H19FN2O3S/c1-2-20-24(22,23)16-8-6-14(7-9-16)17(21)19-11-10-13-4-3-5-15(18)12-13/h3-9,12,20H,2,10-11H2,1H3,(H,19,21). The maximum Gasteiger partial charge on any atom is 0.251 e. The van der Waals surface area contributed by atoms with Crippen molar-refractivity contribution in [2.45, 2.75) is 18.2 Å². The van der Waals surface area contributed by atoms with Crippen LogP contribution in [0.2, 0.25) is 0 Å². The second-order valence-electron chi connectivity index (χ2n) is 5.16.